The van der Waals surface area contributed by atoms with Crippen LogP contribution in [0.2, 0.25) is 5.02 Å². The topological polar surface area (TPSA) is 42.9 Å². The summed E-state index contributed by atoms with van der Waals surface area (Å²) in [5.74, 6) is 0. The Hall–Kier alpha value is -1.74. The van der Waals surface area contributed by atoms with Crippen molar-refractivity contribution < 1.29 is 4.79 Å². The van der Waals surface area contributed by atoms with Gasteiger partial charge in [-0.15, -0.1) is 0 Å². The lowest BCUT2D eigenvalue weighted by Crippen LogP contribution is -1.91. The average Bonchev–Trinajstić information content (AvgIpc) is 2.30. The molecule has 0 aliphatic rings. The molecule has 0 aliphatic heterocycles. The minimum atomic E-state index is 0.339. The Balaban J connectivity index is 2.59. The van der Waals surface area contributed by atoms with E-state index in [1.807, 2.05) is 6.07 Å². The maximum atomic E-state index is 10.7. The van der Waals surface area contributed by atoms with Crippen LogP contribution in [0.1, 0.15) is 10.4 Å². The van der Waals surface area contributed by atoms with Crippen LogP contribution < -0.4 is 0 Å². The van der Waals surface area contributed by atoms with Gasteiger partial charge < -0.3 is 0 Å². The fraction of sp³-hybridized carbons (Fsp3) is 0. The molecule has 2 aromatic heterocycles. The number of halogens is 1. The van der Waals surface area contributed by atoms with E-state index >= 15 is 0 Å². The lowest BCUT2D eigenvalue weighted by molar-refractivity contribution is 0.112. The lowest BCUT2D eigenvalue weighted by atomic mass is 10.2. The van der Waals surface area contributed by atoms with E-state index in [1.54, 1.807) is 30.6 Å². The maximum absolute atomic E-state index is 10.7. The molecule has 0 unspecified atom stereocenters. The number of aldehydes is 1. The van der Waals surface area contributed by atoms with Crippen molar-refractivity contribution in [1.82, 2.24) is 9.97 Å². The summed E-state index contributed by atoms with van der Waals surface area (Å²) in [5, 5.41) is 0.339. The van der Waals surface area contributed by atoms with Crippen molar-refractivity contribution in [1.29, 1.82) is 0 Å². The molecule has 0 saturated carbocycles. The normalized spacial score (nSPS) is 9.93. The number of rotatable bonds is 2. The number of hydrogen-bond donors (Lipinski definition) is 0. The smallest absolute Gasteiger partial charge is 0.151 e. The van der Waals surface area contributed by atoms with Crippen molar-refractivity contribution in [3.63, 3.8) is 0 Å². The van der Waals surface area contributed by atoms with E-state index in [1.165, 1.54) is 0 Å². The molecule has 0 aliphatic carbocycles. The molecule has 0 atom stereocenters. The van der Waals surface area contributed by atoms with Gasteiger partial charge in [-0.1, -0.05) is 17.7 Å². The Labute approximate surface area is 91.8 Å². The van der Waals surface area contributed by atoms with Gasteiger partial charge in [0.2, 0.25) is 0 Å². The van der Waals surface area contributed by atoms with Gasteiger partial charge in [0.05, 0.1) is 10.7 Å². The van der Waals surface area contributed by atoms with Crippen molar-refractivity contribution in [2.75, 3.05) is 0 Å². The van der Waals surface area contributed by atoms with Crippen LogP contribution in [0.4, 0.5) is 0 Å². The molecule has 0 N–H and O–H groups in total. The number of pyridine rings is 2. The van der Waals surface area contributed by atoms with E-state index in [-0.39, 0.29) is 0 Å². The van der Waals surface area contributed by atoms with E-state index in [9.17, 15) is 4.79 Å². The molecular formula is C11H7ClN2O. The molecular weight excluding hydrogens is 212 g/mol. The highest BCUT2D eigenvalue weighted by molar-refractivity contribution is 6.35. The van der Waals surface area contributed by atoms with Gasteiger partial charge in [-0.05, 0) is 18.2 Å². The van der Waals surface area contributed by atoms with Crippen LogP contribution in [0.15, 0.2) is 36.7 Å². The second-order valence-electron chi connectivity index (χ2n) is 2.90. The molecule has 2 heterocycles. The molecule has 74 valence electrons. The first-order valence-corrected chi connectivity index (χ1v) is 4.72. The molecule has 2 rings (SSSR count). The number of hydrogen-bond acceptors (Lipinski definition) is 3. The molecule has 3 nitrogen and oxygen atoms in total. The van der Waals surface area contributed by atoms with Crippen LogP contribution in [0.25, 0.3) is 11.4 Å². The first-order chi connectivity index (χ1) is 7.33. The Bertz CT molecular complexity index is 485. The standard InChI is InChI=1S/C11H7ClN2O/c12-10-8(7-15)4-6-14-11(10)9-3-1-2-5-13-9/h1-7H. The highest BCUT2D eigenvalue weighted by atomic mass is 35.5. The second kappa shape index (κ2) is 4.19. The molecule has 0 spiro atoms. The predicted molar refractivity (Wildman–Crippen MR) is 57.9 cm³/mol. The minimum absolute atomic E-state index is 0.339. The largest absolute Gasteiger partial charge is 0.298 e. The van der Waals surface area contributed by atoms with Crippen molar-refractivity contribution in [2.24, 2.45) is 0 Å². The zero-order chi connectivity index (χ0) is 10.7. The summed E-state index contributed by atoms with van der Waals surface area (Å²) in [4.78, 5) is 18.9. The Morgan fingerprint density at radius 1 is 1.13 bits per heavy atom. The van der Waals surface area contributed by atoms with E-state index < -0.39 is 0 Å². The molecule has 0 radical (unpaired) electrons. The molecule has 0 amide bonds. The molecule has 15 heavy (non-hydrogen) atoms. The monoisotopic (exact) mass is 218 g/mol. The third-order valence-corrected chi connectivity index (χ3v) is 2.35. The summed E-state index contributed by atoms with van der Waals surface area (Å²) in [7, 11) is 0. The fourth-order valence-corrected chi connectivity index (χ4v) is 1.48. The Kier molecular flexibility index (Phi) is 2.74. The zero-order valence-electron chi connectivity index (χ0n) is 7.72. The summed E-state index contributed by atoms with van der Waals surface area (Å²) >= 11 is 6.01. The Morgan fingerprint density at radius 3 is 2.67 bits per heavy atom. The third-order valence-electron chi connectivity index (χ3n) is 1.95. The molecule has 0 aromatic carbocycles. The van der Waals surface area contributed by atoms with Crippen molar-refractivity contribution in [3.05, 3.63) is 47.2 Å². The van der Waals surface area contributed by atoms with Crippen LogP contribution in [0.5, 0.6) is 0 Å². The fourth-order valence-electron chi connectivity index (χ4n) is 1.23. The molecule has 2 aromatic rings. The van der Waals surface area contributed by atoms with Gasteiger partial charge in [-0.3, -0.25) is 14.8 Å². The van der Waals surface area contributed by atoms with E-state index in [0.717, 1.165) is 0 Å². The molecule has 0 fully saturated rings. The van der Waals surface area contributed by atoms with Crippen LogP contribution in [0, 0.1) is 0 Å². The summed E-state index contributed by atoms with van der Waals surface area (Å²) in [6.07, 6.45) is 3.90. The number of carbonyl (C=O) groups excluding carboxylic acids is 1. The summed E-state index contributed by atoms with van der Waals surface area (Å²) < 4.78 is 0. The van der Waals surface area contributed by atoms with Gasteiger partial charge in [-0.25, -0.2) is 0 Å². The van der Waals surface area contributed by atoms with Crippen molar-refractivity contribution in [3.8, 4) is 11.4 Å². The van der Waals surface area contributed by atoms with Gasteiger partial charge >= 0.3 is 0 Å². The first-order valence-electron chi connectivity index (χ1n) is 4.34. The minimum Gasteiger partial charge on any atom is -0.298 e. The molecule has 0 saturated heterocycles. The summed E-state index contributed by atoms with van der Waals surface area (Å²) in [6.45, 7) is 0. The second-order valence-corrected chi connectivity index (χ2v) is 3.27. The van der Waals surface area contributed by atoms with E-state index in [4.69, 9.17) is 11.6 Å². The van der Waals surface area contributed by atoms with Crippen LogP contribution >= 0.6 is 11.6 Å². The molecule has 0 bridgehead atoms. The number of carbonyl (C=O) groups is 1. The highest BCUT2D eigenvalue weighted by Crippen LogP contribution is 2.25. The van der Waals surface area contributed by atoms with Gasteiger partial charge in [0, 0.05) is 18.0 Å². The van der Waals surface area contributed by atoms with Gasteiger partial charge in [0.15, 0.2) is 6.29 Å². The van der Waals surface area contributed by atoms with Crippen LogP contribution in [-0.4, -0.2) is 16.3 Å². The summed E-state index contributed by atoms with van der Waals surface area (Å²) in [6, 6.07) is 7.01. The quantitative estimate of drug-likeness (QED) is 0.728. The highest BCUT2D eigenvalue weighted by Gasteiger charge is 2.09. The first kappa shape index (κ1) is 9.80. The van der Waals surface area contributed by atoms with Crippen molar-refractivity contribution >= 4 is 17.9 Å². The third kappa shape index (κ3) is 1.87. The number of nitrogens with zero attached hydrogens (tertiary/aromatic N) is 2. The van der Waals surface area contributed by atoms with Crippen LogP contribution in [0.3, 0.4) is 0 Å². The zero-order valence-corrected chi connectivity index (χ0v) is 8.48. The Morgan fingerprint density at radius 2 is 2.00 bits per heavy atom. The van der Waals surface area contributed by atoms with E-state index in [0.29, 0.717) is 28.3 Å². The van der Waals surface area contributed by atoms with E-state index in [2.05, 4.69) is 9.97 Å². The lowest BCUT2D eigenvalue weighted by Gasteiger charge is -2.03. The van der Waals surface area contributed by atoms with Gasteiger partial charge in [-0.2, -0.15) is 0 Å². The molecule has 4 heteroatoms. The average molecular weight is 219 g/mol. The number of aromatic nitrogens is 2. The van der Waals surface area contributed by atoms with Crippen LogP contribution in [-0.2, 0) is 0 Å². The summed E-state index contributed by atoms with van der Waals surface area (Å²) in [5.41, 5.74) is 1.61. The van der Waals surface area contributed by atoms with Gasteiger partial charge in [0.25, 0.3) is 0 Å². The van der Waals surface area contributed by atoms with Crippen molar-refractivity contribution in [2.45, 2.75) is 0 Å². The maximum Gasteiger partial charge on any atom is 0.151 e. The predicted octanol–water partition coefficient (Wildman–Crippen LogP) is 2.61. The van der Waals surface area contributed by atoms with Gasteiger partial charge in [0.1, 0.15) is 5.69 Å². The SMILES string of the molecule is O=Cc1ccnc(-c2ccccn2)c1Cl.